The van der Waals surface area contributed by atoms with E-state index in [1.54, 1.807) is 39.0 Å². The number of amides is 1. The molecule has 0 radical (unpaired) electrons. The number of hydrogen-bond acceptors (Lipinski definition) is 4. The highest BCUT2D eigenvalue weighted by Gasteiger charge is 2.36. The number of nitrogens with two attached hydrogens (primary N) is 1. The van der Waals surface area contributed by atoms with Crippen LogP contribution >= 0.6 is 0 Å². The molecule has 0 aliphatic carbocycles. The maximum absolute atomic E-state index is 13.3. The number of nitrogens with zero attached hydrogens (tertiary/aromatic N) is 2. The fourth-order valence-corrected chi connectivity index (χ4v) is 2.94. The molecule has 1 aromatic heterocycles. The third kappa shape index (κ3) is 4.15. The van der Waals surface area contributed by atoms with Crippen LogP contribution in [0.4, 0.5) is 23.8 Å². The summed E-state index contributed by atoms with van der Waals surface area (Å²) in [6.07, 6.45) is -5.07. The van der Waals surface area contributed by atoms with Gasteiger partial charge in [-0.1, -0.05) is 12.1 Å². The molecule has 1 aliphatic heterocycles. The van der Waals surface area contributed by atoms with Gasteiger partial charge in [-0.25, -0.2) is 9.78 Å². The van der Waals surface area contributed by atoms with Gasteiger partial charge in [0.2, 0.25) is 0 Å². The molecule has 0 bridgehead atoms. The molecule has 2 aromatic rings. The summed E-state index contributed by atoms with van der Waals surface area (Å²) in [5.74, 6) is -0.191. The second-order valence-corrected chi connectivity index (χ2v) is 7.45. The van der Waals surface area contributed by atoms with Gasteiger partial charge in [0, 0.05) is 18.7 Å². The van der Waals surface area contributed by atoms with Crippen LogP contribution in [0.2, 0.25) is 0 Å². The number of benzene rings is 1. The Labute approximate surface area is 154 Å². The monoisotopic (exact) mass is 379 g/mol. The number of alkyl halides is 3. The lowest BCUT2D eigenvalue weighted by atomic mass is 9.99. The van der Waals surface area contributed by atoms with Crippen LogP contribution in [0, 0.1) is 0 Å². The van der Waals surface area contributed by atoms with Crippen molar-refractivity contribution in [1.82, 2.24) is 9.88 Å². The molecular weight excluding hydrogens is 359 g/mol. The second kappa shape index (κ2) is 6.44. The fourth-order valence-electron chi connectivity index (χ4n) is 2.94. The first-order valence-corrected chi connectivity index (χ1v) is 8.38. The lowest BCUT2D eigenvalue weighted by Gasteiger charge is -2.24. The largest absolute Gasteiger partial charge is 0.444 e. The van der Waals surface area contributed by atoms with Crippen molar-refractivity contribution in [2.45, 2.75) is 45.6 Å². The van der Waals surface area contributed by atoms with E-state index in [2.05, 4.69) is 4.98 Å². The highest BCUT2D eigenvalue weighted by molar-refractivity contribution is 5.72. The summed E-state index contributed by atoms with van der Waals surface area (Å²) in [4.78, 5) is 17.2. The molecule has 0 atom stereocenters. The summed E-state index contributed by atoms with van der Waals surface area (Å²) in [6, 6.07) is 7.63. The van der Waals surface area contributed by atoms with E-state index in [1.165, 1.54) is 17.0 Å². The van der Waals surface area contributed by atoms with Crippen molar-refractivity contribution in [1.29, 1.82) is 0 Å². The Balaban J connectivity index is 1.91. The Hall–Kier alpha value is -2.77. The lowest BCUT2D eigenvalue weighted by Crippen LogP contribution is -2.33. The standard InChI is InChI=1S/C19H20F3N3O2/c1-18(2,3)27-17(26)25-9-12-5-4-11(8-13(12)10-25)14-6-7-15(23)24-16(14)19(20,21)22/h4-8H,9-10H2,1-3H3,(H2,23,24). The molecule has 0 fully saturated rings. The van der Waals surface area contributed by atoms with Crippen LogP contribution in [0.1, 0.15) is 37.6 Å². The molecular formula is C19H20F3N3O2. The molecule has 0 unspecified atom stereocenters. The number of ether oxygens (including phenoxy) is 1. The predicted octanol–water partition coefficient (Wildman–Crippen LogP) is 4.60. The smallest absolute Gasteiger partial charge is 0.434 e. The predicted molar refractivity (Wildman–Crippen MR) is 94.6 cm³/mol. The van der Waals surface area contributed by atoms with Crippen LogP contribution in [-0.2, 0) is 24.0 Å². The molecule has 0 saturated heterocycles. The lowest BCUT2D eigenvalue weighted by molar-refractivity contribution is -0.140. The van der Waals surface area contributed by atoms with Gasteiger partial charge in [0.25, 0.3) is 0 Å². The van der Waals surface area contributed by atoms with Crippen molar-refractivity contribution in [2.75, 3.05) is 5.73 Å². The summed E-state index contributed by atoms with van der Waals surface area (Å²) in [7, 11) is 0. The van der Waals surface area contributed by atoms with Crippen molar-refractivity contribution < 1.29 is 22.7 Å². The van der Waals surface area contributed by atoms with Gasteiger partial charge in [-0.2, -0.15) is 13.2 Å². The number of rotatable bonds is 1. The van der Waals surface area contributed by atoms with E-state index in [1.807, 2.05) is 0 Å². The maximum atomic E-state index is 13.3. The quantitative estimate of drug-likeness (QED) is 0.786. The van der Waals surface area contributed by atoms with Gasteiger partial charge < -0.3 is 10.5 Å². The summed E-state index contributed by atoms with van der Waals surface area (Å²) in [5, 5.41) is 0. The van der Waals surface area contributed by atoms with Crippen molar-refractivity contribution in [3.8, 4) is 11.1 Å². The Morgan fingerprint density at radius 2 is 1.78 bits per heavy atom. The minimum atomic E-state index is -4.62. The Kier molecular flexibility index (Phi) is 4.53. The van der Waals surface area contributed by atoms with Crippen LogP contribution in [0.5, 0.6) is 0 Å². The molecule has 2 N–H and O–H groups in total. The van der Waals surface area contributed by atoms with Crippen LogP contribution in [0.3, 0.4) is 0 Å². The maximum Gasteiger partial charge on any atom is 0.434 e. The number of carbonyl (C=O) groups is 1. The number of anilines is 1. The zero-order valence-electron chi connectivity index (χ0n) is 15.2. The zero-order valence-corrected chi connectivity index (χ0v) is 15.2. The summed E-state index contributed by atoms with van der Waals surface area (Å²) >= 11 is 0. The SMILES string of the molecule is CC(C)(C)OC(=O)N1Cc2ccc(-c3ccc(N)nc3C(F)(F)F)cc2C1. The molecule has 2 heterocycles. The average Bonchev–Trinajstić information content (AvgIpc) is 2.95. The molecule has 5 nitrogen and oxygen atoms in total. The minimum Gasteiger partial charge on any atom is -0.444 e. The van der Waals surface area contributed by atoms with E-state index in [4.69, 9.17) is 10.5 Å². The van der Waals surface area contributed by atoms with Gasteiger partial charge in [-0.3, -0.25) is 4.90 Å². The molecule has 0 saturated carbocycles. The number of pyridine rings is 1. The topological polar surface area (TPSA) is 68.5 Å². The summed E-state index contributed by atoms with van der Waals surface area (Å²) < 4.78 is 45.3. The normalized spacial score (nSPS) is 14.2. The number of aromatic nitrogens is 1. The first kappa shape index (κ1) is 19.0. The average molecular weight is 379 g/mol. The van der Waals surface area contributed by atoms with Crippen LogP contribution in [0.25, 0.3) is 11.1 Å². The third-order valence-electron chi connectivity index (χ3n) is 4.08. The number of halogens is 3. The molecule has 3 rings (SSSR count). The number of nitrogen functional groups attached to an aromatic ring is 1. The van der Waals surface area contributed by atoms with Gasteiger partial charge in [0.05, 0.1) is 0 Å². The second-order valence-electron chi connectivity index (χ2n) is 7.45. The van der Waals surface area contributed by atoms with Crippen LogP contribution in [0.15, 0.2) is 30.3 Å². The van der Waals surface area contributed by atoms with E-state index < -0.39 is 23.6 Å². The van der Waals surface area contributed by atoms with Gasteiger partial charge in [-0.15, -0.1) is 0 Å². The molecule has 1 aliphatic rings. The van der Waals surface area contributed by atoms with Crippen molar-refractivity contribution in [3.05, 3.63) is 47.2 Å². The Morgan fingerprint density at radius 3 is 2.41 bits per heavy atom. The van der Waals surface area contributed by atoms with E-state index in [-0.39, 0.29) is 17.9 Å². The minimum absolute atomic E-state index is 0.0461. The first-order valence-electron chi connectivity index (χ1n) is 8.38. The molecule has 144 valence electrons. The van der Waals surface area contributed by atoms with Gasteiger partial charge in [0.1, 0.15) is 11.4 Å². The van der Waals surface area contributed by atoms with Gasteiger partial charge in [-0.05, 0) is 55.7 Å². The van der Waals surface area contributed by atoms with Crippen LogP contribution in [-0.4, -0.2) is 21.6 Å². The molecule has 0 spiro atoms. The summed E-state index contributed by atoms with van der Waals surface area (Å²) in [5.41, 5.74) is 5.77. The van der Waals surface area contributed by atoms with Crippen LogP contribution < -0.4 is 5.73 Å². The number of fused-ring (bicyclic) bond motifs is 1. The Bertz CT molecular complexity index is 889. The fraction of sp³-hybridized carbons (Fsp3) is 0.368. The van der Waals surface area contributed by atoms with Gasteiger partial charge >= 0.3 is 12.3 Å². The highest BCUT2D eigenvalue weighted by atomic mass is 19.4. The van der Waals surface area contributed by atoms with Gasteiger partial charge in [0.15, 0.2) is 5.69 Å². The molecule has 27 heavy (non-hydrogen) atoms. The molecule has 8 heteroatoms. The molecule has 1 amide bonds. The van der Waals surface area contributed by atoms with E-state index >= 15 is 0 Å². The summed E-state index contributed by atoms with van der Waals surface area (Å²) in [6.45, 7) is 5.97. The zero-order chi connectivity index (χ0) is 20.0. The first-order chi connectivity index (χ1) is 12.4. The van der Waals surface area contributed by atoms with Crippen molar-refractivity contribution >= 4 is 11.9 Å². The number of carbonyl (C=O) groups excluding carboxylic acids is 1. The van der Waals surface area contributed by atoms with Crippen molar-refractivity contribution in [2.24, 2.45) is 0 Å². The van der Waals surface area contributed by atoms with Crippen molar-refractivity contribution in [3.63, 3.8) is 0 Å². The Morgan fingerprint density at radius 1 is 1.11 bits per heavy atom. The van der Waals surface area contributed by atoms with E-state index in [9.17, 15) is 18.0 Å². The highest BCUT2D eigenvalue weighted by Crippen LogP contribution is 2.37. The number of hydrogen-bond donors (Lipinski definition) is 1. The van der Waals surface area contributed by atoms with E-state index in [0.29, 0.717) is 12.1 Å². The molecule has 1 aromatic carbocycles. The third-order valence-corrected chi connectivity index (χ3v) is 4.08. The van der Waals surface area contributed by atoms with E-state index in [0.717, 1.165) is 11.1 Å².